The molecule has 10 nitrogen and oxygen atoms in total. The van der Waals surface area contributed by atoms with E-state index >= 15 is 0 Å². The van der Waals surface area contributed by atoms with E-state index in [2.05, 4.69) is 22.4 Å². The van der Waals surface area contributed by atoms with Crippen molar-refractivity contribution < 1.29 is 39.0 Å². The molecular formula is C24H30N2O8S. The fourth-order valence-electron chi connectivity index (χ4n) is 3.78. The van der Waals surface area contributed by atoms with Crippen LogP contribution in [0.5, 0.6) is 0 Å². The summed E-state index contributed by atoms with van der Waals surface area (Å²) >= 11 is 1.76. The molecule has 1 aliphatic rings. The number of amides is 1. The highest BCUT2D eigenvalue weighted by atomic mass is 32.1. The molecule has 0 atom stereocenters. The van der Waals surface area contributed by atoms with Crippen molar-refractivity contribution in [1.29, 1.82) is 0 Å². The molecule has 0 bridgehead atoms. The first-order valence-corrected chi connectivity index (χ1v) is 11.8. The number of rotatable bonds is 8. The zero-order valence-corrected chi connectivity index (χ0v) is 20.5. The van der Waals surface area contributed by atoms with E-state index in [1.165, 1.54) is 24.0 Å². The summed E-state index contributed by atoms with van der Waals surface area (Å²) in [6.45, 7) is 4.00. The maximum absolute atomic E-state index is 12.8. The van der Waals surface area contributed by atoms with Crippen molar-refractivity contribution in [2.24, 2.45) is 0 Å². The number of ether oxygens (including phenoxy) is 1. The highest BCUT2D eigenvalue weighted by Gasteiger charge is 2.50. The number of nitrogens with zero attached hydrogens (tertiary/aromatic N) is 2. The van der Waals surface area contributed by atoms with Gasteiger partial charge in [-0.15, -0.1) is 11.3 Å². The molecule has 2 aromatic rings. The number of piperidine rings is 1. The van der Waals surface area contributed by atoms with Crippen LogP contribution in [0.3, 0.4) is 0 Å². The molecule has 1 amide bonds. The normalized spacial score (nSPS) is 14.8. The number of hydrogen-bond donors (Lipinski definition) is 2. The van der Waals surface area contributed by atoms with Crippen LogP contribution >= 0.6 is 11.3 Å². The van der Waals surface area contributed by atoms with E-state index in [1.807, 2.05) is 30.3 Å². The number of hydroxylamine groups is 2. The number of carbonyl (C=O) groups is 4. The fraction of sp³-hybridized carbons (Fsp3) is 0.417. The van der Waals surface area contributed by atoms with E-state index in [9.17, 15) is 9.59 Å². The van der Waals surface area contributed by atoms with E-state index in [-0.39, 0.29) is 12.5 Å². The number of carboxylic acid groups (broad SMARTS) is 2. The molecule has 190 valence electrons. The zero-order chi connectivity index (χ0) is 25.8. The molecule has 35 heavy (non-hydrogen) atoms. The molecule has 2 N–H and O–H groups in total. The van der Waals surface area contributed by atoms with Gasteiger partial charge in [0.2, 0.25) is 5.91 Å². The molecule has 1 fully saturated rings. The molecule has 1 saturated heterocycles. The predicted octanol–water partition coefficient (Wildman–Crippen LogP) is 2.43. The Kier molecular flexibility index (Phi) is 10.8. The zero-order valence-electron chi connectivity index (χ0n) is 19.7. The van der Waals surface area contributed by atoms with E-state index < -0.39 is 23.4 Å². The molecule has 0 radical (unpaired) electrons. The van der Waals surface area contributed by atoms with Crippen molar-refractivity contribution in [3.8, 4) is 0 Å². The number of carboxylic acids is 2. The molecular weight excluding hydrogens is 476 g/mol. The van der Waals surface area contributed by atoms with Gasteiger partial charge < -0.3 is 19.8 Å². The van der Waals surface area contributed by atoms with Crippen LogP contribution in [0.2, 0.25) is 0 Å². The van der Waals surface area contributed by atoms with E-state index in [0.29, 0.717) is 25.9 Å². The Labute approximate surface area is 207 Å². The maximum atomic E-state index is 12.8. The molecule has 0 aliphatic carbocycles. The summed E-state index contributed by atoms with van der Waals surface area (Å²) in [5.74, 6) is -4.36. The summed E-state index contributed by atoms with van der Waals surface area (Å²) in [6, 6.07) is 13.8. The summed E-state index contributed by atoms with van der Waals surface area (Å²) in [5.41, 5.74) is -0.151. The van der Waals surface area contributed by atoms with Crippen LogP contribution in [0.15, 0.2) is 47.8 Å². The number of carbonyl (C=O) groups excluding carboxylic acids is 2. The molecule has 2 heterocycles. The van der Waals surface area contributed by atoms with Gasteiger partial charge in [0, 0.05) is 31.4 Å². The van der Waals surface area contributed by atoms with Gasteiger partial charge in [0.15, 0.2) is 5.54 Å². The lowest BCUT2D eigenvalue weighted by molar-refractivity contribution is -0.239. The topological polar surface area (TPSA) is 134 Å². The lowest BCUT2D eigenvalue weighted by Crippen LogP contribution is -2.61. The minimum atomic E-state index is -1.82. The maximum Gasteiger partial charge on any atom is 0.414 e. The van der Waals surface area contributed by atoms with Crippen molar-refractivity contribution >= 4 is 35.2 Å². The second-order valence-corrected chi connectivity index (χ2v) is 8.91. The number of hydrogen-bond acceptors (Lipinski definition) is 8. The van der Waals surface area contributed by atoms with Crippen molar-refractivity contribution in [1.82, 2.24) is 9.96 Å². The Balaban J connectivity index is 0.000000641. The Hall–Kier alpha value is -3.28. The van der Waals surface area contributed by atoms with Gasteiger partial charge in [0.05, 0.1) is 7.11 Å². The number of aliphatic carboxylic acids is 2. The average Bonchev–Trinajstić information content (AvgIpc) is 3.37. The van der Waals surface area contributed by atoms with Gasteiger partial charge in [-0.3, -0.25) is 9.63 Å². The molecule has 11 heteroatoms. The fourth-order valence-corrected chi connectivity index (χ4v) is 4.48. The predicted molar refractivity (Wildman–Crippen MR) is 127 cm³/mol. The van der Waals surface area contributed by atoms with Crippen LogP contribution in [0.25, 0.3) is 0 Å². The Morgan fingerprint density at radius 1 is 1.03 bits per heavy atom. The lowest BCUT2D eigenvalue weighted by Gasteiger charge is -2.45. The van der Waals surface area contributed by atoms with Gasteiger partial charge in [-0.2, -0.15) is 0 Å². The highest BCUT2D eigenvalue weighted by molar-refractivity contribution is 7.09. The quantitative estimate of drug-likeness (QED) is 0.314. The monoisotopic (exact) mass is 506 g/mol. The first kappa shape index (κ1) is 28.0. The summed E-state index contributed by atoms with van der Waals surface area (Å²) in [7, 11) is 1.36. The van der Waals surface area contributed by atoms with Crippen molar-refractivity contribution in [2.75, 3.05) is 26.7 Å². The minimum Gasteiger partial charge on any atom is -0.473 e. The van der Waals surface area contributed by atoms with E-state index in [4.69, 9.17) is 29.4 Å². The van der Waals surface area contributed by atoms with Crippen molar-refractivity contribution in [2.45, 2.75) is 38.3 Å². The van der Waals surface area contributed by atoms with Gasteiger partial charge in [0.25, 0.3) is 0 Å². The van der Waals surface area contributed by atoms with Gasteiger partial charge in [-0.1, -0.05) is 36.4 Å². The van der Waals surface area contributed by atoms with E-state index in [0.717, 1.165) is 18.5 Å². The van der Waals surface area contributed by atoms with Gasteiger partial charge in [0.1, 0.15) is 6.61 Å². The number of esters is 1. The number of benzene rings is 1. The third-order valence-corrected chi connectivity index (χ3v) is 6.50. The molecule has 3 rings (SSSR count). The second-order valence-electron chi connectivity index (χ2n) is 7.88. The minimum absolute atomic E-state index is 0.223. The van der Waals surface area contributed by atoms with Crippen LogP contribution in [0, 0.1) is 0 Å². The first-order chi connectivity index (χ1) is 16.7. The Morgan fingerprint density at radius 3 is 2.14 bits per heavy atom. The van der Waals surface area contributed by atoms with Gasteiger partial charge in [-0.25, -0.2) is 19.4 Å². The summed E-state index contributed by atoms with van der Waals surface area (Å²) in [6.07, 6.45) is 1.96. The largest absolute Gasteiger partial charge is 0.473 e. The Bertz CT molecular complexity index is 961. The van der Waals surface area contributed by atoms with Gasteiger partial charge in [-0.05, 0) is 36.3 Å². The van der Waals surface area contributed by atoms with E-state index in [1.54, 1.807) is 11.3 Å². The smallest absolute Gasteiger partial charge is 0.414 e. The number of methoxy groups -OCH3 is 1. The molecule has 1 aromatic carbocycles. The van der Waals surface area contributed by atoms with Crippen LogP contribution in [0.4, 0.5) is 0 Å². The van der Waals surface area contributed by atoms with Crippen LogP contribution in [0.1, 0.15) is 30.2 Å². The molecule has 0 unspecified atom stereocenters. The number of likely N-dealkylation sites (tertiary alicyclic amines) is 1. The summed E-state index contributed by atoms with van der Waals surface area (Å²) < 4.78 is 5.10. The SMILES string of the molecule is COC(=O)C1(N(OCc2ccccc2)C(C)=O)CCN(CCc2cccs2)CC1.O=C(O)C(=O)O. The van der Waals surface area contributed by atoms with Crippen LogP contribution in [-0.4, -0.2) is 76.3 Å². The standard InChI is InChI=1S/C22H28N2O4S.C2H2O4/c1-18(25)24(28-17-19-7-4-3-5-8-19)22(21(26)27-2)11-14-23(15-12-22)13-10-20-9-6-16-29-20;3-1(4)2(5)6/h3-9,16H,10-15,17H2,1-2H3;(H,3,4)(H,5,6). The average molecular weight is 507 g/mol. The van der Waals surface area contributed by atoms with Gasteiger partial charge >= 0.3 is 17.9 Å². The first-order valence-electron chi connectivity index (χ1n) is 11.0. The van der Waals surface area contributed by atoms with Crippen molar-refractivity contribution in [3.05, 3.63) is 58.3 Å². The third kappa shape index (κ3) is 8.16. The van der Waals surface area contributed by atoms with Crippen LogP contribution in [-0.2, 0) is 41.8 Å². The summed E-state index contributed by atoms with van der Waals surface area (Å²) in [4.78, 5) is 53.0. The molecule has 0 saturated carbocycles. The molecule has 0 spiro atoms. The summed E-state index contributed by atoms with van der Waals surface area (Å²) in [5, 5.41) is 18.1. The number of thiophene rings is 1. The Morgan fingerprint density at radius 2 is 1.66 bits per heavy atom. The van der Waals surface area contributed by atoms with Crippen LogP contribution < -0.4 is 0 Å². The highest BCUT2D eigenvalue weighted by Crippen LogP contribution is 2.32. The second kappa shape index (κ2) is 13.6. The lowest BCUT2D eigenvalue weighted by atomic mass is 9.86. The molecule has 1 aliphatic heterocycles. The molecule has 1 aromatic heterocycles. The van der Waals surface area contributed by atoms with Crippen molar-refractivity contribution in [3.63, 3.8) is 0 Å². The third-order valence-electron chi connectivity index (χ3n) is 5.56.